The Morgan fingerprint density at radius 2 is 1.80 bits per heavy atom. The van der Waals surface area contributed by atoms with Gasteiger partial charge in [0.2, 0.25) is 0 Å². The summed E-state index contributed by atoms with van der Waals surface area (Å²) in [6, 6.07) is 0.166. The largest absolute Gasteiger partial charge is 0.465 e. The number of nitrogens with zero attached hydrogens (tertiary/aromatic N) is 4. The SMILES string of the molecule is CNc1nnc(OC)nn1. The van der Waals surface area contributed by atoms with E-state index in [2.05, 4.69) is 30.4 Å². The quantitative estimate of drug-likeness (QED) is 0.588. The minimum absolute atomic E-state index is 0.166. The summed E-state index contributed by atoms with van der Waals surface area (Å²) in [6.07, 6.45) is 0. The van der Waals surface area contributed by atoms with Gasteiger partial charge in [0.1, 0.15) is 0 Å². The third-order valence-electron chi connectivity index (χ3n) is 0.867. The Morgan fingerprint density at radius 3 is 2.20 bits per heavy atom. The second-order valence-corrected chi connectivity index (χ2v) is 1.46. The molecule has 0 saturated carbocycles. The highest BCUT2D eigenvalue weighted by Crippen LogP contribution is 1.95. The summed E-state index contributed by atoms with van der Waals surface area (Å²) >= 11 is 0. The van der Waals surface area contributed by atoms with Crippen molar-refractivity contribution >= 4 is 5.95 Å². The Hall–Kier alpha value is -1.46. The van der Waals surface area contributed by atoms with Gasteiger partial charge in [0.05, 0.1) is 7.11 Å². The Bertz CT molecular complexity index is 174. The molecule has 1 aromatic rings. The second-order valence-electron chi connectivity index (χ2n) is 1.46. The molecule has 0 fully saturated rings. The number of methoxy groups -OCH3 is 1. The van der Waals surface area contributed by atoms with Crippen molar-refractivity contribution in [1.29, 1.82) is 0 Å². The number of ether oxygens (including phenoxy) is 1. The van der Waals surface area contributed by atoms with E-state index in [9.17, 15) is 0 Å². The molecule has 0 saturated heterocycles. The molecule has 6 nitrogen and oxygen atoms in total. The van der Waals surface area contributed by atoms with Crippen molar-refractivity contribution < 1.29 is 4.74 Å². The summed E-state index contributed by atoms with van der Waals surface area (Å²) in [6.45, 7) is 0. The van der Waals surface area contributed by atoms with Crippen LogP contribution in [0.2, 0.25) is 0 Å². The molecule has 10 heavy (non-hydrogen) atoms. The van der Waals surface area contributed by atoms with Crippen LogP contribution in [0.15, 0.2) is 0 Å². The predicted octanol–water partition coefficient (Wildman–Crippen LogP) is -0.683. The van der Waals surface area contributed by atoms with Crippen LogP contribution in [0.4, 0.5) is 5.95 Å². The summed E-state index contributed by atoms with van der Waals surface area (Å²) in [5, 5.41) is 17.0. The predicted molar refractivity (Wildman–Crippen MR) is 33.7 cm³/mol. The maximum absolute atomic E-state index is 4.64. The number of rotatable bonds is 2. The number of anilines is 1. The zero-order valence-electron chi connectivity index (χ0n) is 5.70. The van der Waals surface area contributed by atoms with Crippen LogP contribution in [0.3, 0.4) is 0 Å². The van der Waals surface area contributed by atoms with Gasteiger partial charge in [-0.3, -0.25) is 0 Å². The van der Waals surface area contributed by atoms with Crippen molar-refractivity contribution in [3.05, 3.63) is 0 Å². The van der Waals surface area contributed by atoms with Crippen LogP contribution in [0.25, 0.3) is 0 Å². The molecule has 1 rings (SSSR count). The summed E-state index contributed by atoms with van der Waals surface area (Å²) in [5.41, 5.74) is 0. The van der Waals surface area contributed by atoms with Gasteiger partial charge in [0, 0.05) is 7.05 Å². The van der Waals surface area contributed by atoms with Crippen molar-refractivity contribution in [2.75, 3.05) is 19.5 Å². The van der Waals surface area contributed by atoms with E-state index < -0.39 is 0 Å². The average Bonchev–Trinajstić information content (AvgIpc) is 2.05. The maximum atomic E-state index is 4.64. The van der Waals surface area contributed by atoms with Crippen LogP contribution in [-0.4, -0.2) is 34.6 Å². The summed E-state index contributed by atoms with van der Waals surface area (Å²) < 4.78 is 4.64. The van der Waals surface area contributed by atoms with Gasteiger partial charge in [-0.25, -0.2) is 0 Å². The van der Waals surface area contributed by atoms with E-state index in [1.807, 2.05) is 0 Å². The third kappa shape index (κ3) is 1.28. The Balaban J connectivity index is 2.80. The molecule has 0 aliphatic carbocycles. The first-order valence-corrected chi connectivity index (χ1v) is 2.66. The molecule has 0 aromatic carbocycles. The van der Waals surface area contributed by atoms with Gasteiger partial charge in [-0.15, -0.1) is 10.2 Å². The lowest BCUT2D eigenvalue weighted by molar-refractivity contribution is 0.366. The first kappa shape index (κ1) is 6.66. The van der Waals surface area contributed by atoms with Crippen LogP contribution >= 0.6 is 0 Å². The van der Waals surface area contributed by atoms with Crippen molar-refractivity contribution in [2.24, 2.45) is 0 Å². The van der Waals surface area contributed by atoms with Gasteiger partial charge >= 0.3 is 6.01 Å². The molecule has 0 bridgehead atoms. The number of nitrogens with one attached hydrogen (secondary N) is 1. The van der Waals surface area contributed by atoms with Crippen molar-refractivity contribution in [3.63, 3.8) is 0 Å². The molecule has 0 amide bonds. The topological polar surface area (TPSA) is 72.8 Å². The lowest BCUT2D eigenvalue weighted by Gasteiger charge is -1.95. The lowest BCUT2D eigenvalue weighted by atomic mass is 11.0. The molecule has 0 radical (unpaired) electrons. The molecule has 0 aliphatic rings. The molecule has 54 valence electrons. The van der Waals surface area contributed by atoms with Crippen molar-refractivity contribution in [1.82, 2.24) is 20.4 Å². The van der Waals surface area contributed by atoms with Crippen molar-refractivity contribution in [3.8, 4) is 6.01 Å². The standard InChI is InChI=1S/C4H7N5O/c1-5-3-6-8-4(10-2)9-7-3/h1-2H3,(H,5,6,7). The number of hydrogen-bond donors (Lipinski definition) is 1. The Kier molecular flexibility index (Phi) is 1.93. The van der Waals surface area contributed by atoms with Gasteiger partial charge in [-0.2, -0.15) is 0 Å². The van der Waals surface area contributed by atoms with Crippen LogP contribution in [-0.2, 0) is 0 Å². The molecule has 1 aromatic heterocycles. The van der Waals surface area contributed by atoms with Gasteiger partial charge < -0.3 is 10.1 Å². The highest BCUT2D eigenvalue weighted by molar-refractivity contribution is 5.16. The maximum Gasteiger partial charge on any atom is 0.354 e. The first-order chi connectivity index (χ1) is 4.86. The van der Waals surface area contributed by atoms with Gasteiger partial charge in [0.25, 0.3) is 5.95 Å². The normalized spacial score (nSPS) is 9.00. The molecule has 0 aliphatic heterocycles. The highest BCUT2D eigenvalue weighted by Gasteiger charge is 1.95. The van der Waals surface area contributed by atoms with E-state index in [1.165, 1.54) is 7.11 Å². The molecular formula is C4H7N5O. The Labute approximate surface area is 57.6 Å². The number of aromatic nitrogens is 4. The Morgan fingerprint density at radius 1 is 1.20 bits per heavy atom. The monoisotopic (exact) mass is 141 g/mol. The van der Waals surface area contributed by atoms with Gasteiger partial charge in [0.15, 0.2) is 0 Å². The molecule has 1 heterocycles. The van der Waals surface area contributed by atoms with E-state index in [-0.39, 0.29) is 6.01 Å². The van der Waals surface area contributed by atoms with E-state index in [1.54, 1.807) is 7.05 Å². The van der Waals surface area contributed by atoms with E-state index in [0.29, 0.717) is 5.95 Å². The lowest BCUT2D eigenvalue weighted by Crippen LogP contribution is -2.02. The van der Waals surface area contributed by atoms with E-state index in [4.69, 9.17) is 0 Å². The zero-order valence-corrected chi connectivity index (χ0v) is 5.70. The summed E-state index contributed by atoms with van der Waals surface area (Å²) in [4.78, 5) is 0. The van der Waals surface area contributed by atoms with Crippen LogP contribution in [0.5, 0.6) is 6.01 Å². The molecule has 6 heteroatoms. The summed E-state index contributed by atoms with van der Waals surface area (Å²) in [7, 11) is 3.14. The van der Waals surface area contributed by atoms with Crippen molar-refractivity contribution in [2.45, 2.75) is 0 Å². The fourth-order valence-corrected chi connectivity index (χ4v) is 0.402. The van der Waals surface area contributed by atoms with E-state index >= 15 is 0 Å². The van der Waals surface area contributed by atoms with Crippen LogP contribution in [0.1, 0.15) is 0 Å². The molecule has 0 atom stereocenters. The van der Waals surface area contributed by atoms with E-state index in [0.717, 1.165) is 0 Å². The second kappa shape index (κ2) is 2.90. The third-order valence-corrected chi connectivity index (χ3v) is 0.867. The molecular weight excluding hydrogens is 134 g/mol. The van der Waals surface area contributed by atoms with Gasteiger partial charge in [-0.05, 0) is 0 Å². The minimum atomic E-state index is 0.166. The van der Waals surface area contributed by atoms with Gasteiger partial charge in [-0.1, -0.05) is 10.2 Å². The van der Waals surface area contributed by atoms with Crippen LogP contribution < -0.4 is 10.1 Å². The zero-order chi connectivity index (χ0) is 7.40. The fourth-order valence-electron chi connectivity index (χ4n) is 0.402. The molecule has 1 N–H and O–H groups in total. The minimum Gasteiger partial charge on any atom is -0.465 e. The fraction of sp³-hybridized carbons (Fsp3) is 0.500. The number of hydrogen-bond acceptors (Lipinski definition) is 6. The average molecular weight is 141 g/mol. The first-order valence-electron chi connectivity index (χ1n) is 2.66. The molecule has 0 spiro atoms. The highest BCUT2D eigenvalue weighted by atomic mass is 16.5. The smallest absolute Gasteiger partial charge is 0.354 e. The summed E-state index contributed by atoms with van der Waals surface area (Å²) in [5.74, 6) is 0.376. The molecule has 0 unspecified atom stereocenters. The van der Waals surface area contributed by atoms with Crippen LogP contribution in [0, 0.1) is 0 Å².